The highest BCUT2D eigenvalue weighted by Crippen LogP contribution is 2.20. The van der Waals surface area contributed by atoms with Crippen LogP contribution in [0.3, 0.4) is 0 Å². The summed E-state index contributed by atoms with van der Waals surface area (Å²) in [5.41, 5.74) is 0.120. The Hall–Kier alpha value is -1.89. The molecule has 22 heavy (non-hydrogen) atoms. The van der Waals surface area contributed by atoms with Crippen molar-refractivity contribution in [1.82, 2.24) is 5.32 Å². The maximum Gasteiger partial charge on any atom is 0.303 e. The molecular formula is C15H21NO5S. The lowest BCUT2D eigenvalue weighted by Crippen LogP contribution is -2.27. The van der Waals surface area contributed by atoms with Crippen molar-refractivity contribution < 1.29 is 23.1 Å². The maximum absolute atomic E-state index is 12.3. The van der Waals surface area contributed by atoms with Gasteiger partial charge >= 0.3 is 5.97 Å². The monoisotopic (exact) mass is 327 g/mol. The van der Waals surface area contributed by atoms with Crippen LogP contribution >= 0.6 is 0 Å². The van der Waals surface area contributed by atoms with Gasteiger partial charge in [-0.3, -0.25) is 9.59 Å². The number of benzene rings is 1. The van der Waals surface area contributed by atoms with Gasteiger partial charge in [0.15, 0.2) is 9.84 Å². The lowest BCUT2D eigenvalue weighted by Gasteiger charge is -2.12. The van der Waals surface area contributed by atoms with E-state index >= 15 is 0 Å². The van der Waals surface area contributed by atoms with Crippen LogP contribution in [-0.2, 0) is 14.6 Å². The Morgan fingerprint density at radius 1 is 1.18 bits per heavy atom. The van der Waals surface area contributed by atoms with Gasteiger partial charge in [-0.05, 0) is 38.8 Å². The van der Waals surface area contributed by atoms with Gasteiger partial charge in [0.2, 0.25) is 0 Å². The van der Waals surface area contributed by atoms with E-state index < -0.39 is 27.0 Å². The highest BCUT2D eigenvalue weighted by molar-refractivity contribution is 7.92. The summed E-state index contributed by atoms with van der Waals surface area (Å²) in [6.45, 7) is 3.44. The molecule has 2 N–H and O–H groups in total. The van der Waals surface area contributed by atoms with E-state index in [1.807, 2.05) is 0 Å². The van der Waals surface area contributed by atoms with Gasteiger partial charge in [-0.1, -0.05) is 12.1 Å². The SMILES string of the molecule is CC(C)S(=O)(=O)c1ccccc1C(=O)NCCCCC(=O)O. The minimum atomic E-state index is -3.54. The first-order chi connectivity index (χ1) is 10.3. The number of carboxylic acid groups (broad SMARTS) is 1. The fourth-order valence-corrected chi connectivity index (χ4v) is 3.10. The van der Waals surface area contributed by atoms with Gasteiger partial charge in [-0.25, -0.2) is 8.42 Å². The molecule has 0 bridgehead atoms. The highest BCUT2D eigenvalue weighted by Gasteiger charge is 2.24. The van der Waals surface area contributed by atoms with Crippen molar-refractivity contribution in [2.75, 3.05) is 6.54 Å². The molecule has 1 rings (SSSR count). The first kappa shape index (κ1) is 18.2. The molecule has 0 aliphatic rings. The number of nitrogens with one attached hydrogen (secondary N) is 1. The Bertz CT molecular complexity index is 637. The molecule has 0 heterocycles. The van der Waals surface area contributed by atoms with Crippen LogP contribution in [0.4, 0.5) is 0 Å². The van der Waals surface area contributed by atoms with Gasteiger partial charge in [-0.2, -0.15) is 0 Å². The van der Waals surface area contributed by atoms with Crippen molar-refractivity contribution in [3.05, 3.63) is 29.8 Å². The molecule has 1 amide bonds. The molecule has 0 radical (unpaired) electrons. The average molecular weight is 327 g/mol. The van der Waals surface area contributed by atoms with Gasteiger partial charge in [0.1, 0.15) is 0 Å². The zero-order valence-electron chi connectivity index (χ0n) is 12.7. The van der Waals surface area contributed by atoms with E-state index in [2.05, 4.69) is 5.32 Å². The van der Waals surface area contributed by atoms with Crippen LogP contribution in [0.2, 0.25) is 0 Å². The number of hydrogen-bond acceptors (Lipinski definition) is 4. The molecule has 0 fully saturated rings. The molecule has 0 saturated carbocycles. The summed E-state index contributed by atoms with van der Waals surface area (Å²) in [6, 6.07) is 6.09. The van der Waals surface area contributed by atoms with Gasteiger partial charge < -0.3 is 10.4 Å². The maximum atomic E-state index is 12.3. The number of carboxylic acids is 1. The third-order valence-corrected chi connectivity index (χ3v) is 5.37. The minimum Gasteiger partial charge on any atom is -0.481 e. The third kappa shape index (κ3) is 4.84. The zero-order valence-corrected chi connectivity index (χ0v) is 13.5. The largest absolute Gasteiger partial charge is 0.481 e. The molecule has 1 aromatic rings. The topological polar surface area (TPSA) is 101 Å². The first-order valence-electron chi connectivity index (χ1n) is 7.09. The molecule has 0 aliphatic carbocycles. The van der Waals surface area contributed by atoms with Crippen LogP contribution in [0.15, 0.2) is 29.2 Å². The van der Waals surface area contributed by atoms with Crippen molar-refractivity contribution in [1.29, 1.82) is 0 Å². The van der Waals surface area contributed by atoms with Gasteiger partial charge in [0, 0.05) is 13.0 Å². The average Bonchev–Trinajstić information content (AvgIpc) is 2.46. The molecule has 1 aromatic carbocycles. The van der Waals surface area contributed by atoms with E-state index in [1.54, 1.807) is 26.0 Å². The van der Waals surface area contributed by atoms with Crippen LogP contribution in [0, 0.1) is 0 Å². The Morgan fingerprint density at radius 2 is 1.82 bits per heavy atom. The number of hydrogen-bond donors (Lipinski definition) is 2. The summed E-state index contributed by atoms with van der Waals surface area (Å²) in [5, 5.41) is 10.5. The predicted molar refractivity (Wildman–Crippen MR) is 82.6 cm³/mol. The number of amides is 1. The number of sulfone groups is 1. The third-order valence-electron chi connectivity index (χ3n) is 3.16. The van der Waals surface area contributed by atoms with Crippen molar-refractivity contribution in [3.63, 3.8) is 0 Å². The molecule has 0 atom stereocenters. The molecule has 0 unspecified atom stereocenters. The van der Waals surface area contributed by atoms with E-state index in [-0.39, 0.29) is 16.9 Å². The fourth-order valence-electron chi connectivity index (χ4n) is 1.85. The molecule has 0 aromatic heterocycles. The molecule has 122 valence electrons. The molecule has 0 aliphatic heterocycles. The van der Waals surface area contributed by atoms with E-state index in [0.29, 0.717) is 19.4 Å². The normalized spacial score (nSPS) is 11.4. The van der Waals surface area contributed by atoms with E-state index in [0.717, 1.165) is 0 Å². The van der Waals surface area contributed by atoms with Crippen molar-refractivity contribution in [2.45, 2.75) is 43.3 Å². The molecular weight excluding hydrogens is 306 g/mol. The molecule has 7 heteroatoms. The fraction of sp³-hybridized carbons (Fsp3) is 0.467. The minimum absolute atomic E-state index is 0.0213. The smallest absolute Gasteiger partial charge is 0.303 e. The lowest BCUT2D eigenvalue weighted by atomic mass is 10.2. The first-order valence-corrected chi connectivity index (χ1v) is 8.64. The zero-order chi connectivity index (χ0) is 16.8. The highest BCUT2D eigenvalue weighted by atomic mass is 32.2. The Balaban J connectivity index is 2.77. The van der Waals surface area contributed by atoms with E-state index in [9.17, 15) is 18.0 Å². The quantitative estimate of drug-likeness (QED) is 0.710. The van der Waals surface area contributed by atoms with Crippen LogP contribution in [-0.4, -0.2) is 37.2 Å². The molecule has 0 saturated heterocycles. The number of carbonyl (C=O) groups is 2. The number of carbonyl (C=O) groups excluding carboxylic acids is 1. The predicted octanol–water partition coefficient (Wildman–Crippen LogP) is 1.85. The number of aliphatic carboxylic acids is 1. The summed E-state index contributed by atoms with van der Waals surface area (Å²) in [7, 11) is -3.54. The Kier molecular flexibility index (Phi) is 6.55. The summed E-state index contributed by atoms with van der Waals surface area (Å²) in [5.74, 6) is -1.34. The second-order valence-corrected chi connectivity index (χ2v) is 7.67. The van der Waals surface area contributed by atoms with Crippen molar-refractivity contribution in [2.24, 2.45) is 0 Å². The Labute approximate surface area is 130 Å². The second-order valence-electron chi connectivity index (χ2n) is 5.20. The van der Waals surface area contributed by atoms with Crippen LogP contribution < -0.4 is 5.32 Å². The molecule has 6 nitrogen and oxygen atoms in total. The van der Waals surface area contributed by atoms with Crippen LogP contribution in [0.1, 0.15) is 43.5 Å². The van der Waals surface area contributed by atoms with E-state index in [4.69, 9.17) is 5.11 Å². The summed E-state index contributed by atoms with van der Waals surface area (Å²) in [6.07, 6.45) is 1.03. The van der Waals surface area contributed by atoms with Gasteiger partial charge in [-0.15, -0.1) is 0 Å². The van der Waals surface area contributed by atoms with Gasteiger partial charge in [0.05, 0.1) is 15.7 Å². The molecule has 0 spiro atoms. The van der Waals surface area contributed by atoms with Gasteiger partial charge in [0.25, 0.3) is 5.91 Å². The lowest BCUT2D eigenvalue weighted by molar-refractivity contribution is -0.137. The van der Waals surface area contributed by atoms with Crippen LogP contribution in [0.25, 0.3) is 0 Å². The van der Waals surface area contributed by atoms with Crippen LogP contribution in [0.5, 0.6) is 0 Å². The van der Waals surface area contributed by atoms with E-state index in [1.165, 1.54) is 12.1 Å². The van der Waals surface area contributed by atoms with Crippen molar-refractivity contribution >= 4 is 21.7 Å². The van der Waals surface area contributed by atoms with Crippen molar-refractivity contribution in [3.8, 4) is 0 Å². The number of unbranched alkanes of at least 4 members (excludes halogenated alkanes) is 1. The second kappa shape index (κ2) is 7.93. The summed E-state index contributed by atoms with van der Waals surface area (Å²) >= 11 is 0. The summed E-state index contributed by atoms with van der Waals surface area (Å²) < 4.78 is 24.5. The Morgan fingerprint density at radius 3 is 2.41 bits per heavy atom. The standard InChI is InChI=1S/C15H21NO5S/c1-11(2)22(20,21)13-8-4-3-7-12(13)15(19)16-10-6-5-9-14(17)18/h3-4,7-8,11H,5-6,9-10H2,1-2H3,(H,16,19)(H,17,18). The number of rotatable bonds is 8. The summed E-state index contributed by atoms with van der Waals surface area (Å²) in [4.78, 5) is 22.5.